The van der Waals surface area contributed by atoms with Crippen LogP contribution in [0.5, 0.6) is 0 Å². The third-order valence-corrected chi connectivity index (χ3v) is 1.50. The van der Waals surface area contributed by atoms with Gasteiger partial charge in [-0.05, 0) is 25.3 Å². The summed E-state index contributed by atoms with van der Waals surface area (Å²) in [5.74, 6) is 0.731. The molecule has 0 atom stereocenters. The van der Waals surface area contributed by atoms with Gasteiger partial charge in [0.2, 0.25) is 0 Å². The van der Waals surface area contributed by atoms with Crippen molar-refractivity contribution in [2.45, 2.75) is 34.1 Å². The van der Waals surface area contributed by atoms with Gasteiger partial charge in [-0.3, -0.25) is 4.79 Å². The van der Waals surface area contributed by atoms with Crippen molar-refractivity contribution in [3.63, 3.8) is 0 Å². The number of allylic oxidation sites excluding steroid dienone is 2. The second-order valence-electron chi connectivity index (χ2n) is 3.41. The Balaban J connectivity index is 3.91. The van der Waals surface area contributed by atoms with E-state index in [1.807, 2.05) is 6.92 Å². The molecule has 0 rings (SSSR count). The zero-order chi connectivity index (χ0) is 9.56. The zero-order valence-corrected chi connectivity index (χ0v) is 8.48. The molecule has 0 aliphatic heterocycles. The van der Waals surface area contributed by atoms with Crippen LogP contribution in [0.25, 0.3) is 0 Å². The Morgan fingerprint density at radius 1 is 1.50 bits per heavy atom. The van der Waals surface area contributed by atoms with Gasteiger partial charge in [-0.2, -0.15) is 0 Å². The summed E-state index contributed by atoms with van der Waals surface area (Å²) in [6, 6.07) is 0. The molecule has 0 heterocycles. The number of hydrogen-bond donors (Lipinski definition) is 1. The lowest BCUT2D eigenvalue weighted by Crippen LogP contribution is -2.19. The Hall–Kier alpha value is -0.790. The van der Waals surface area contributed by atoms with Crippen molar-refractivity contribution in [2.24, 2.45) is 5.92 Å². The van der Waals surface area contributed by atoms with Crippen molar-refractivity contribution < 1.29 is 4.79 Å². The first kappa shape index (κ1) is 11.2. The summed E-state index contributed by atoms with van der Waals surface area (Å²) < 4.78 is 0. The lowest BCUT2D eigenvalue weighted by molar-refractivity contribution is -0.112. The van der Waals surface area contributed by atoms with Gasteiger partial charge in [-0.1, -0.05) is 20.8 Å². The van der Waals surface area contributed by atoms with Crippen LogP contribution in [0.15, 0.2) is 11.8 Å². The molecule has 0 spiro atoms. The normalized spacial score (nSPS) is 11.9. The molecule has 0 saturated heterocycles. The molecule has 0 aromatic rings. The maximum Gasteiger partial charge on any atom is 0.154 e. The van der Waals surface area contributed by atoms with E-state index in [9.17, 15) is 4.79 Å². The summed E-state index contributed by atoms with van der Waals surface area (Å²) in [5, 5.41) is 3.24. The molecule has 0 fully saturated rings. The van der Waals surface area contributed by atoms with Crippen molar-refractivity contribution in [2.75, 3.05) is 6.54 Å². The number of hydrogen-bond acceptors (Lipinski definition) is 2. The average molecular weight is 169 g/mol. The van der Waals surface area contributed by atoms with Gasteiger partial charge in [0.15, 0.2) is 5.78 Å². The summed E-state index contributed by atoms with van der Waals surface area (Å²) in [7, 11) is 0. The molecule has 12 heavy (non-hydrogen) atoms. The molecule has 0 saturated carbocycles. The van der Waals surface area contributed by atoms with Gasteiger partial charge in [0, 0.05) is 12.2 Å². The van der Waals surface area contributed by atoms with Crippen molar-refractivity contribution in [3.05, 3.63) is 11.8 Å². The number of carbonyl (C=O) groups excluding carboxylic acids is 1. The fourth-order valence-corrected chi connectivity index (χ4v) is 0.859. The first-order valence-corrected chi connectivity index (χ1v) is 4.51. The highest BCUT2D eigenvalue weighted by atomic mass is 16.1. The predicted octanol–water partition coefficient (Wildman–Crippen LogP) is 2.11. The molecule has 0 aromatic carbocycles. The van der Waals surface area contributed by atoms with Crippen molar-refractivity contribution in [3.8, 4) is 0 Å². The molecule has 0 aliphatic rings. The highest BCUT2D eigenvalue weighted by Gasteiger charge is 1.97. The monoisotopic (exact) mass is 169 g/mol. The fourth-order valence-electron chi connectivity index (χ4n) is 0.859. The molecule has 0 unspecified atom stereocenters. The molecule has 0 radical (unpaired) electrons. The summed E-state index contributed by atoms with van der Waals surface area (Å²) >= 11 is 0. The minimum atomic E-state index is 0.114. The van der Waals surface area contributed by atoms with Crippen LogP contribution in [-0.2, 0) is 4.79 Å². The Bertz CT molecular complexity index is 171. The molecule has 70 valence electrons. The Kier molecular flexibility index (Phi) is 5.43. The molecule has 0 aromatic heterocycles. The Morgan fingerprint density at radius 3 is 2.42 bits per heavy atom. The summed E-state index contributed by atoms with van der Waals surface area (Å²) in [6.45, 7) is 8.85. The smallest absolute Gasteiger partial charge is 0.154 e. The largest absolute Gasteiger partial charge is 0.388 e. The SMILES string of the molecule is CCC(=CC(C)=O)NCC(C)C. The third-order valence-electron chi connectivity index (χ3n) is 1.50. The predicted molar refractivity (Wildman–Crippen MR) is 51.9 cm³/mol. The first-order chi connectivity index (χ1) is 5.56. The molecule has 0 amide bonds. The molecule has 0 bridgehead atoms. The maximum absolute atomic E-state index is 10.7. The standard InChI is InChI=1S/C10H19NO/c1-5-10(6-9(4)12)11-7-8(2)3/h6,8,11H,5,7H2,1-4H3. The minimum Gasteiger partial charge on any atom is -0.388 e. The van der Waals surface area contributed by atoms with Gasteiger partial charge in [0.25, 0.3) is 0 Å². The van der Waals surface area contributed by atoms with E-state index in [0.29, 0.717) is 5.92 Å². The molecule has 1 N–H and O–H groups in total. The van der Waals surface area contributed by atoms with E-state index in [1.165, 1.54) is 0 Å². The van der Waals surface area contributed by atoms with Crippen LogP contribution in [-0.4, -0.2) is 12.3 Å². The van der Waals surface area contributed by atoms with Gasteiger partial charge < -0.3 is 5.32 Å². The van der Waals surface area contributed by atoms with Gasteiger partial charge >= 0.3 is 0 Å². The van der Waals surface area contributed by atoms with E-state index in [0.717, 1.165) is 18.7 Å². The van der Waals surface area contributed by atoms with Crippen LogP contribution < -0.4 is 5.32 Å². The lowest BCUT2D eigenvalue weighted by atomic mass is 10.2. The van der Waals surface area contributed by atoms with Crippen LogP contribution in [0.2, 0.25) is 0 Å². The third kappa shape index (κ3) is 5.96. The van der Waals surface area contributed by atoms with Crippen LogP contribution in [0.4, 0.5) is 0 Å². The summed E-state index contributed by atoms with van der Waals surface area (Å²) in [4.78, 5) is 10.7. The number of carbonyl (C=O) groups is 1. The highest BCUT2D eigenvalue weighted by molar-refractivity contribution is 5.87. The number of rotatable bonds is 5. The first-order valence-electron chi connectivity index (χ1n) is 4.51. The van der Waals surface area contributed by atoms with E-state index in [4.69, 9.17) is 0 Å². The second kappa shape index (κ2) is 5.81. The molecule has 2 nitrogen and oxygen atoms in total. The van der Waals surface area contributed by atoms with Gasteiger partial charge in [-0.25, -0.2) is 0 Å². The van der Waals surface area contributed by atoms with Crippen molar-refractivity contribution >= 4 is 5.78 Å². The molecule has 0 aliphatic carbocycles. The quantitative estimate of drug-likeness (QED) is 0.639. The van der Waals surface area contributed by atoms with Crippen LogP contribution in [0, 0.1) is 5.92 Å². The maximum atomic E-state index is 10.7. The average Bonchev–Trinajstić information content (AvgIpc) is 1.97. The fraction of sp³-hybridized carbons (Fsp3) is 0.700. The van der Waals surface area contributed by atoms with E-state index in [-0.39, 0.29) is 5.78 Å². The topological polar surface area (TPSA) is 29.1 Å². The van der Waals surface area contributed by atoms with Crippen molar-refractivity contribution in [1.29, 1.82) is 0 Å². The van der Waals surface area contributed by atoms with E-state index in [1.54, 1.807) is 13.0 Å². The summed E-state index contributed by atoms with van der Waals surface area (Å²) in [6.07, 6.45) is 2.56. The van der Waals surface area contributed by atoms with Gasteiger partial charge in [0.1, 0.15) is 0 Å². The van der Waals surface area contributed by atoms with E-state index < -0.39 is 0 Å². The second-order valence-corrected chi connectivity index (χ2v) is 3.41. The lowest BCUT2D eigenvalue weighted by Gasteiger charge is -2.10. The van der Waals surface area contributed by atoms with Crippen LogP contribution in [0.3, 0.4) is 0 Å². The van der Waals surface area contributed by atoms with Gasteiger partial charge in [-0.15, -0.1) is 0 Å². The molecular weight excluding hydrogens is 150 g/mol. The summed E-state index contributed by atoms with van der Waals surface area (Å²) in [5.41, 5.74) is 1.04. The zero-order valence-electron chi connectivity index (χ0n) is 8.48. The number of ketones is 1. The van der Waals surface area contributed by atoms with Crippen LogP contribution >= 0.6 is 0 Å². The Morgan fingerprint density at radius 2 is 2.08 bits per heavy atom. The van der Waals surface area contributed by atoms with E-state index >= 15 is 0 Å². The minimum absolute atomic E-state index is 0.114. The van der Waals surface area contributed by atoms with Gasteiger partial charge in [0.05, 0.1) is 0 Å². The highest BCUT2D eigenvalue weighted by Crippen LogP contribution is 1.98. The Labute approximate surface area is 75.0 Å². The number of nitrogens with one attached hydrogen (secondary N) is 1. The van der Waals surface area contributed by atoms with Crippen molar-refractivity contribution in [1.82, 2.24) is 5.32 Å². The molecular formula is C10H19NO. The van der Waals surface area contributed by atoms with E-state index in [2.05, 4.69) is 19.2 Å². The molecule has 2 heteroatoms. The van der Waals surface area contributed by atoms with Crippen LogP contribution in [0.1, 0.15) is 34.1 Å².